The van der Waals surface area contributed by atoms with Gasteiger partial charge in [0.2, 0.25) is 15.9 Å². The van der Waals surface area contributed by atoms with Crippen LogP contribution in [-0.4, -0.2) is 59.0 Å². The molecule has 0 saturated carbocycles. The minimum absolute atomic E-state index is 0.109. The number of sulfonamides is 1. The maximum atomic E-state index is 12.2. The van der Waals surface area contributed by atoms with Gasteiger partial charge < -0.3 is 20.3 Å². The Hall–Kier alpha value is -2.49. The minimum Gasteiger partial charge on any atom is -0.450 e. The summed E-state index contributed by atoms with van der Waals surface area (Å²) in [6.07, 6.45) is 2.99. The van der Waals surface area contributed by atoms with Gasteiger partial charge in [0, 0.05) is 37.6 Å². The zero-order valence-corrected chi connectivity index (χ0v) is 16.9. The molecule has 156 valence electrons. The van der Waals surface area contributed by atoms with Crippen molar-refractivity contribution in [2.45, 2.75) is 26.2 Å². The number of anilines is 2. The van der Waals surface area contributed by atoms with Gasteiger partial charge in [-0.15, -0.1) is 0 Å². The molecule has 1 saturated heterocycles. The fraction of sp³-hybridized carbons (Fsp3) is 0.556. The zero-order chi connectivity index (χ0) is 20.4. The van der Waals surface area contributed by atoms with Crippen LogP contribution in [0, 0.1) is 0 Å². The van der Waals surface area contributed by atoms with Crippen molar-refractivity contribution < 1.29 is 22.7 Å². The first-order valence-electron chi connectivity index (χ1n) is 9.42. The molecule has 2 amide bonds. The summed E-state index contributed by atoms with van der Waals surface area (Å²) in [5, 5.41) is 4.87. The lowest BCUT2D eigenvalue weighted by Crippen LogP contribution is -2.38. The molecule has 2 rings (SSSR count). The number of ether oxygens (including phenoxy) is 1. The molecule has 1 aliphatic rings. The van der Waals surface area contributed by atoms with Crippen molar-refractivity contribution in [1.29, 1.82) is 0 Å². The van der Waals surface area contributed by atoms with Crippen molar-refractivity contribution >= 4 is 33.4 Å². The van der Waals surface area contributed by atoms with Crippen LogP contribution in [0.25, 0.3) is 0 Å². The number of alkyl carbamates (subject to hydrolysis) is 1. The highest BCUT2D eigenvalue weighted by atomic mass is 32.2. The number of carbonyl (C=O) groups is 2. The van der Waals surface area contributed by atoms with E-state index in [1.54, 1.807) is 19.1 Å². The van der Waals surface area contributed by atoms with Crippen molar-refractivity contribution in [3.05, 3.63) is 24.3 Å². The molecule has 0 spiro atoms. The van der Waals surface area contributed by atoms with Gasteiger partial charge in [0.05, 0.1) is 6.61 Å². The summed E-state index contributed by atoms with van der Waals surface area (Å²) in [4.78, 5) is 25.2. The first-order chi connectivity index (χ1) is 13.4. The average Bonchev–Trinajstić information content (AvgIpc) is 2.66. The third-order valence-corrected chi connectivity index (χ3v) is 5.36. The topological polar surface area (TPSA) is 117 Å². The first kappa shape index (κ1) is 21.8. The van der Waals surface area contributed by atoms with Crippen molar-refractivity contribution in [2.24, 2.45) is 0 Å². The van der Waals surface area contributed by atoms with E-state index >= 15 is 0 Å². The molecule has 1 aliphatic heterocycles. The van der Waals surface area contributed by atoms with Gasteiger partial charge in [0.1, 0.15) is 5.75 Å². The third kappa shape index (κ3) is 7.63. The highest BCUT2D eigenvalue weighted by Crippen LogP contribution is 2.22. The van der Waals surface area contributed by atoms with Gasteiger partial charge in [-0.05, 0) is 50.5 Å². The highest BCUT2D eigenvalue weighted by molar-refractivity contribution is 7.93. The smallest absolute Gasteiger partial charge is 0.407 e. The van der Waals surface area contributed by atoms with Gasteiger partial charge in [0.15, 0.2) is 0 Å². The summed E-state index contributed by atoms with van der Waals surface area (Å²) < 4.78 is 31.4. The highest BCUT2D eigenvalue weighted by Gasteiger charge is 2.17. The number of rotatable bonds is 9. The van der Waals surface area contributed by atoms with Gasteiger partial charge in [-0.3, -0.25) is 9.52 Å². The van der Waals surface area contributed by atoms with Crippen LogP contribution in [0.2, 0.25) is 0 Å². The van der Waals surface area contributed by atoms with E-state index < -0.39 is 27.8 Å². The molecular formula is C18H28N4O5S. The molecule has 1 fully saturated rings. The third-order valence-electron chi connectivity index (χ3n) is 4.17. The van der Waals surface area contributed by atoms with Crippen LogP contribution in [0.3, 0.4) is 0 Å². The monoisotopic (exact) mass is 412 g/mol. The van der Waals surface area contributed by atoms with Crippen LogP contribution in [-0.2, 0) is 19.6 Å². The van der Waals surface area contributed by atoms with Crippen molar-refractivity contribution in [3.8, 4) is 0 Å². The average molecular weight is 413 g/mol. The normalized spacial score (nSPS) is 14.2. The lowest BCUT2D eigenvalue weighted by molar-refractivity contribution is -0.118. The Balaban J connectivity index is 1.76. The van der Waals surface area contributed by atoms with Gasteiger partial charge in [-0.25, -0.2) is 13.2 Å². The largest absolute Gasteiger partial charge is 0.450 e. The van der Waals surface area contributed by atoms with E-state index in [1.807, 2.05) is 12.1 Å². The van der Waals surface area contributed by atoms with Gasteiger partial charge in [0.25, 0.3) is 0 Å². The van der Waals surface area contributed by atoms with E-state index in [9.17, 15) is 18.0 Å². The summed E-state index contributed by atoms with van der Waals surface area (Å²) >= 11 is 0. The number of nitrogens with zero attached hydrogens (tertiary/aromatic N) is 1. The SMILES string of the molecule is CCOC(=O)NCCNC(=O)CS(=O)(=O)Nc1ccc(N2CCCCC2)cc1. The molecule has 0 bridgehead atoms. The quantitative estimate of drug-likeness (QED) is 0.526. The van der Waals surface area contributed by atoms with Crippen LogP contribution >= 0.6 is 0 Å². The summed E-state index contributed by atoms with van der Waals surface area (Å²) in [7, 11) is -3.82. The number of carbonyl (C=O) groups excluding carboxylic acids is 2. The molecule has 1 heterocycles. The molecule has 0 aliphatic carbocycles. The number of hydrogen-bond acceptors (Lipinski definition) is 6. The Kier molecular flexibility index (Phi) is 8.37. The molecular weight excluding hydrogens is 384 g/mol. The van der Waals surface area contributed by atoms with E-state index in [0.29, 0.717) is 5.69 Å². The van der Waals surface area contributed by atoms with Crippen molar-refractivity contribution in [2.75, 3.05) is 48.2 Å². The van der Waals surface area contributed by atoms with E-state index in [1.165, 1.54) is 19.3 Å². The molecule has 0 atom stereocenters. The Morgan fingerprint density at radius 1 is 1.04 bits per heavy atom. The Bertz CT molecular complexity index is 746. The number of hydrogen-bond donors (Lipinski definition) is 3. The zero-order valence-electron chi connectivity index (χ0n) is 16.1. The Morgan fingerprint density at radius 2 is 1.68 bits per heavy atom. The second kappa shape index (κ2) is 10.7. The summed E-state index contributed by atoms with van der Waals surface area (Å²) in [5.41, 5.74) is 1.48. The standard InChI is InChI=1S/C18H28N4O5S/c1-2-27-18(24)20-11-10-19-17(23)14-28(25,26)21-15-6-8-16(9-7-15)22-12-4-3-5-13-22/h6-9,21H,2-5,10-14H2,1H3,(H,19,23)(H,20,24). The number of piperidine rings is 1. The molecule has 0 unspecified atom stereocenters. The van der Waals surface area contributed by atoms with Gasteiger partial charge in [-0.1, -0.05) is 0 Å². The minimum atomic E-state index is -3.82. The van der Waals surface area contributed by atoms with Crippen LogP contribution in [0.1, 0.15) is 26.2 Å². The molecule has 1 aromatic rings. The first-order valence-corrected chi connectivity index (χ1v) is 11.1. The second-order valence-electron chi connectivity index (χ2n) is 6.45. The molecule has 0 aromatic heterocycles. The van der Waals surface area contributed by atoms with Crippen molar-refractivity contribution in [3.63, 3.8) is 0 Å². The van der Waals surface area contributed by atoms with E-state index in [0.717, 1.165) is 18.8 Å². The van der Waals surface area contributed by atoms with Crippen LogP contribution in [0.5, 0.6) is 0 Å². The number of nitrogens with one attached hydrogen (secondary N) is 3. The summed E-state index contributed by atoms with van der Waals surface area (Å²) in [6, 6.07) is 7.15. The maximum Gasteiger partial charge on any atom is 0.407 e. The van der Waals surface area contributed by atoms with Gasteiger partial charge >= 0.3 is 6.09 Å². The predicted octanol–water partition coefficient (Wildman–Crippen LogP) is 1.28. The fourth-order valence-electron chi connectivity index (χ4n) is 2.88. The van der Waals surface area contributed by atoms with Crippen LogP contribution < -0.4 is 20.3 Å². The Morgan fingerprint density at radius 3 is 2.32 bits per heavy atom. The lowest BCUT2D eigenvalue weighted by atomic mass is 10.1. The fourth-order valence-corrected chi connectivity index (χ4v) is 3.89. The van der Waals surface area contributed by atoms with Crippen molar-refractivity contribution in [1.82, 2.24) is 10.6 Å². The van der Waals surface area contributed by atoms with Crippen LogP contribution in [0.4, 0.5) is 16.2 Å². The molecule has 1 aromatic carbocycles. The van der Waals surface area contributed by atoms with Gasteiger partial charge in [-0.2, -0.15) is 0 Å². The molecule has 0 radical (unpaired) electrons. The van der Waals surface area contributed by atoms with Crippen LogP contribution in [0.15, 0.2) is 24.3 Å². The van der Waals surface area contributed by atoms with E-state index in [2.05, 4.69) is 25.0 Å². The molecule has 28 heavy (non-hydrogen) atoms. The molecule has 3 N–H and O–H groups in total. The molecule has 9 nitrogen and oxygen atoms in total. The summed E-state index contributed by atoms with van der Waals surface area (Å²) in [6.45, 7) is 4.21. The predicted molar refractivity (Wildman–Crippen MR) is 108 cm³/mol. The maximum absolute atomic E-state index is 12.2. The number of amides is 2. The lowest BCUT2D eigenvalue weighted by Gasteiger charge is -2.28. The number of benzene rings is 1. The summed E-state index contributed by atoms with van der Waals surface area (Å²) in [5.74, 6) is -1.34. The van der Waals surface area contributed by atoms with E-state index in [-0.39, 0.29) is 19.7 Å². The Labute approximate surface area is 165 Å². The van der Waals surface area contributed by atoms with E-state index in [4.69, 9.17) is 0 Å². The second-order valence-corrected chi connectivity index (χ2v) is 8.18. The molecule has 10 heteroatoms.